The molecule has 0 bridgehead atoms. The normalized spacial score (nSPS) is 16.7. The van der Waals surface area contributed by atoms with Gasteiger partial charge in [0.05, 0.1) is 7.11 Å². The average molecular weight is 277 g/mol. The summed E-state index contributed by atoms with van der Waals surface area (Å²) in [6.07, 6.45) is 0. The third kappa shape index (κ3) is 4.39. The van der Waals surface area contributed by atoms with Gasteiger partial charge in [0.2, 0.25) is 0 Å². The molecule has 0 aliphatic carbocycles. The monoisotopic (exact) mass is 277 g/mol. The van der Waals surface area contributed by atoms with Gasteiger partial charge in [-0.05, 0) is 12.1 Å². The zero-order chi connectivity index (χ0) is 14.4. The Balaban J connectivity index is 1.78. The predicted octanol–water partition coefficient (Wildman–Crippen LogP) is 1.82. The highest BCUT2D eigenvalue weighted by atomic mass is 16.5. The van der Waals surface area contributed by atoms with Gasteiger partial charge in [-0.15, -0.1) is 0 Å². The minimum Gasteiger partial charge on any atom is -0.497 e. The minimum atomic E-state index is 0.577. The Hall–Kier alpha value is -1.26. The second-order valence-electron chi connectivity index (χ2n) is 5.64. The summed E-state index contributed by atoms with van der Waals surface area (Å²) in [7, 11) is 1.72. The highest BCUT2D eigenvalue weighted by Crippen LogP contribution is 2.21. The summed E-state index contributed by atoms with van der Waals surface area (Å²) >= 11 is 0. The van der Waals surface area contributed by atoms with Gasteiger partial charge in [0, 0.05) is 57.1 Å². The van der Waals surface area contributed by atoms with Crippen LogP contribution in [0.4, 0.5) is 5.69 Å². The van der Waals surface area contributed by atoms with E-state index in [1.54, 1.807) is 7.11 Å². The van der Waals surface area contributed by atoms with Gasteiger partial charge < -0.3 is 15.0 Å². The molecule has 0 saturated carbocycles. The minimum absolute atomic E-state index is 0.577. The average Bonchev–Trinajstić information content (AvgIpc) is 2.48. The van der Waals surface area contributed by atoms with Crippen molar-refractivity contribution in [1.82, 2.24) is 10.2 Å². The number of nitrogens with one attached hydrogen (secondary N) is 1. The standard InChI is InChI=1S/C16H27N3O/c1-14(2)17-7-8-18-9-11-19(12-10-18)15-5-4-6-16(13-15)20-3/h4-6,13-14,17H,7-12H2,1-3H3. The summed E-state index contributed by atoms with van der Waals surface area (Å²) < 4.78 is 5.30. The molecule has 20 heavy (non-hydrogen) atoms. The fourth-order valence-corrected chi connectivity index (χ4v) is 2.55. The molecule has 1 aliphatic heterocycles. The third-order valence-electron chi connectivity index (χ3n) is 3.77. The third-order valence-corrected chi connectivity index (χ3v) is 3.77. The molecule has 1 saturated heterocycles. The molecule has 0 radical (unpaired) electrons. The number of nitrogens with zero attached hydrogens (tertiary/aromatic N) is 2. The van der Waals surface area contributed by atoms with Crippen LogP contribution in [0, 0.1) is 0 Å². The smallest absolute Gasteiger partial charge is 0.120 e. The van der Waals surface area contributed by atoms with Gasteiger partial charge >= 0.3 is 0 Å². The lowest BCUT2D eigenvalue weighted by atomic mass is 10.2. The van der Waals surface area contributed by atoms with Crippen LogP contribution < -0.4 is 15.0 Å². The van der Waals surface area contributed by atoms with Crippen molar-refractivity contribution in [1.29, 1.82) is 0 Å². The molecule has 4 nitrogen and oxygen atoms in total. The number of hydrogen-bond acceptors (Lipinski definition) is 4. The Morgan fingerprint density at radius 1 is 1.20 bits per heavy atom. The molecule has 2 rings (SSSR count). The first kappa shape index (κ1) is 15.1. The summed E-state index contributed by atoms with van der Waals surface area (Å²) in [5.41, 5.74) is 1.27. The van der Waals surface area contributed by atoms with E-state index in [9.17, 15) is 0 Å². The summed E-state index contributed by atoms with van der Waals surface area (Å²) in [5.74, 6) is 0.936. The van der Waals surface area contributed by atoms with Gasteiger partial charge in [-0.25, -0.2) is 0 Å². The first-order valence-electron chi connectivity index (χ1n) is 7.54. The van der Waals surface area contributed by atoms with Crippen LogP contribution in [0.1, 0.15) is 13.8 Å². The van der Waals surface area contributed by atoms with E-state index in [2.05, 4.69) is 47.2 Å². The van der Waals surface area contributed by atoms with Gasteiger partial charge in [-0.1, -0.05) is 19.9 Å². The maximum Gasteiger partial charge on any atom is 0.120 e. The van der Waals surface area contributed by atoms with Crippen LogP contribution in [0.15, 0.2) is 24.3 Å². The molecule has 1 aromatic carbocycles. The Morgan fingerprint density at radius 3 is 2.60 bits per heavy atom. The molecule has 112 valence electrons. The molecule has 1 N–H and O–H groups in total. The van der Waals surface area contributed by atoms with Crippen molar-refractivity contribution < 1.29 is 4.74 Å². The number of methoxy groups -OCH3 is 1. The summed E-state index contributed by atoms with van der Waals surface area (Å²) in [6.45, 7) is 11.1. The van der Waals surface area contributed by atoms with Crippen molar-refractivity contribution in [3.8, 4) is 5.75 Å². The summed E-state index contributed by atoms with van der Waals surface area (Å²) in [4.78, 5) is 4.97. The fourth-order valence-electron chi connectivity index (χ4n) is 2.55. The zero-order valence-electron chi connectivity index (χ0n) is 12.9. The van der Waals surface area contributed by atoms with Crippen molar-refractivity contribution in [3.05, 3.63) is 24.3 Å². The largest absolute Gasteiger partial charge is 0.497 e. The van der Waals surface area contributed by atoms with E-state index in [-0.39, 0.29) is 0 Å². The van der Waals surface area contributed by atoms with Gasteiger partial charge in [0.15, 0.2) is 0 Å². The quantitative estimate of drug-likeness (QED) is 0.858. The van der Waals surface area contributed by atoms with Crippen LogP contribution in [0.2, 0.25) is 0 Å². The Morgan fingerprint density at radius 2 is 1.95 bits per heavy atom. The number of hydrogen-bond donors (Lipinski definition) is 1. The first-order chi connectivity index (χ1) is 9.69. The lowest BCUT2D eigenvalue weighted by molar-refractivity contribution is 0.255. The van der Waals surface area contributed by atoms with E-state index in [1.165, 1.54) is 5.69 Å². The van der Waals surface area contributed by atoms with Crippen LogP contribution in [-0.4, -0.2) is 57.3 Å². The van der Waals surface area contributed by atoms with E-state index in [0.717, 1.165) is 45.0 Å². The van der Waals surface area contributed by atoms with Crippen molar-refractivity contribution in [2.45, 2.75) is 19.9 Å². The fraction of sp³-hybridized carbons (Fsp3) is 0.625. The van der Waals surface area contributed by atoms with E-state index in [1.807, 2.05) is 6.07 Å². The second-order valence-corrected chi connectivity index (χ2v) is 5.64. The van der Waals surface area contributed by atoms with Crippen LogP contribution in [0.3, 0.4) is 0 Å². The number of rotatable bonds is 6. The van der Waals surface area contributed by atoms with E-state index in [4.69, 9.17) is 4.74 Å². The molecule has 0 unspecified atom stereocenters. The van der Waals surface area contributed by atoms with Gasteiger partial charge in [-0.2, -0.15) is 0 Å². The van der Waals surface area contributed by atoms with E-state index in [0.29, 0.717) is 6.04 Å². The first-order valence-corrected chi connectivity index (χ1v) is 7.54. The summed E-state index contributed by atoms with van der Waals surface area (Å²) in [6, 6.07) is 8.92. The van der Waals surface area contributed by atoms with Crippen molar-refractivity contribution in [3.63, 3.8) is 0 Å². The molecule has 4 heteroatoms. The number of benzene rings is 1. The van der Waals surface area contributed by atoms with Crippen molar-refractivity contribution in [2.24, 2.45) is 0 Å². The lowest BCUT2D eigenvalue weighted by Crippen LogP contribution is -2.48. The molecule has 0 aromatic heterocycles. The molecule has 0 spiro atoms. The van der Waals surface area contributed by atoms with Crippen molar-refractivity contribution in [2.75, 3.05) is 51.3 Å². The topological polar surface area (TPSA) is 27.7 Å². The second kappa shape index (κ2) is 7.50. The number of piperazine rings is 1. The molecular weight excluding hydrogens is 250 g/mol. The highest BCUT2D eigenvalue weighted by Gasteiger charge is 2.17. The predicted molar refractivity (Wildman–Crippen MR) is 84.8 cm³/mol. The molecule has 1 heterocycles. The van der Waals surface area contributed by atoms with Gasteiger partial charge in [-0.3, -0.25) is 4.90 Å². The molecular formula is C16H27N3O. The van der Waals surface area contributed by atoms with E-state index >= 15 is 0 Å². The van der Waals surface area contributed by atoms with Crippen LogP contribution >= 0.6 is 0 Å². The maximum atomic E-state index is 5.30. The number of anilines is 1. The number of ether oxygens (including phenoxy) is 1. The van der Waals surface area contributed by atoms with Crippen molar-refractivity contribution >= 4 is 5.69 Å². The summed E-state index contributed by atoms with van der Waals surface area (Å²) in [5, 5.41) is 3.48. The zero-order valence-corrected chi connectivity index (χ0v) is 12.9. The molecule has 1 fully saturated rings. The maximum absolute atomic E-state index is 5.30. The molecule has 0 atom stereocenters. The molecule has 1 aromatic rings. The van der Waals surface area contributed by atoms with Gasteiger partial charge in [0.25, 0.3) is 0 Å². The van der Waals surface area contributed by atoms with Gasteiger partial charge in [0.1, 0.15) is 5.75 Å². The Bertz CT molecular complexity index is 400. The van der Waals surface area contributed by atoms with Crippen LogP contribution in [-0.2, 0) is 0 Å². The Kier molecular flexibility index (Phi) is 5.68. The highest BCUT2D eigenvalue weighted by molar-refractivity contribution is 5.51. The van der Waals surface area contributed by atoms with E-state index < -0.39 is 0 Å². The van der Waals surface area contributed by atoms with Crippen LogP contribution in [0.5, 0.6) is 5.75 Å². The van der Waals surface area contributed by atoms with Crippen LogP contribution in [0.25, 0.3) is 0 Å². The molecule has 1 aliphatic rings. The SMILES string of the molecule is COc1cccc(N2CCN(CCNC(C)C)CC2)c1. The lowest BCUT2D eigenvalue weighted by Gasteiger charge is -2.36. The Labute approximate surface area is 122 Å². The molecule has 0 amide bonds.